The molecule has 0 aromatic heterocycles. The molecule has 0 aliphatic carbocycles. The van der Waals surface area contributed by atoms with E-state index in [-0.39, 0.29) is 11.9 Å². The molecule has 1 amide bonds. The van der Waals surface area contributed by atoms with Gasteiger partial charge in [0.05, 0.1) is 4.90 Å². The van der Waals surface area contributed by atoms with Gasteiger partial charge in [-0.15, -0.1) is 0 Å². The zero-order valence-electron chi connectivity index (χ0n) is 17.4. The molecule has 0 fully saturated rings. The maximum atomic E-state index is 13.4. The molecule has 2 aliphatic heterocycles. The van der Waals surface area contributed by atoms with E-state index in [2.05, 4.69) is 6.07 Å². The molecule has 0 bridgehead atoms. The second-order valence-electron chi connectivity index (χ2n) is 8.24. The highest BCUT2D eigenvalue weighted by atomic mass is 32.2. The van der Waals surface area contributed by atoms with Crippen LogP contribution in [0.1, 0.15) is 34.0 Å². The Balaban J connectivity index is 1.45. The second-order valence-corrected chi connectivity index (χ2v) is 10.2. The first-order chi connectivity index (χ1) is 14.9. The van der Waals surface area contributed by atoms with E-state index in [0.717, 1.165) is 23.2 Å². The van der Waals surface area contributed by atoms with Gasteiger partial charge in [0.1, 0.15) is 0 Å². The Hall–Kier alpha value is -2.96. The van der Waals surface area contributed by atoms with Gasteiger partial charge in [-0.1, -0.05) is 42.5 Å². The number of sulfonamides is 1. The molecule has 2 heterocycles. The van der Waals surface area contributed by atoms with Crippen LogP contribution in [0.2, 0.25) is 0 Å². The minimum absolute atomic E-state index is 0.0254. The van der Waals surface area contributed by atoms with Gasteiger partial charge in [0.15, 0.2) is 0 Å². The van der Waals surface area contributed by atoms with Gasteiger partial charge < -0.3 is 4.90 Å². The largest absolute Gasteiger partial charge is 0.305 e. The molecule has 158 valence electrons. The third-order valence-electron chi connectivity index (χ3n) is 6.24. The summed E-state index contributed by atoms with van der Waals surface area (Å²) in [6, 6.07) is 22.3. The topological polar surface area (TPSA) is 57.7 Å². The molecule has 2 aliphatic rings. The normalized spacial score (nSPS) is 18.5. The van der Waals surface area contributed by atoms with Crippen molar-refractivity contribution in [2.45, 2.75) is 37.2 Å². The predicted octanol–water partition coefficient (Wildman–Crippen LogP) is 4.03. The van der Waals surface area contributed by atoms with E-state index >= 15 is 0 Å². The number of carbonyl (C=O) groups is 1. The van der Waals surface area contributed by atoms with Crippen LogP contribution < -0.4 is 4.90 Å². The smallest absolute Gasteiger partial charge is 0.258 e. The maximum absolute atomic E-state index is 13.4. The van der Waals surface area contributed by atoms with Gasteiger partial charge in [0, 0.05) is 30.4 Å². The number of anilines is 1. The van der Waals surface area contributed by atoms with Gasteiger partial charge >= 0.3 is 0 Å². The van der Waals surface area contributed by atoms with Crippen LogP contribution in [-0.4, -0.2) is 31.2 Å². The molecule has 5 nitrogen and oxygen atoms in total. The minimum Gasteiger partial charge on any atom is -0.305 e. The molecule has 0 N–H and O–H groups in total. The highest BCUT2D eigenvalue weighted by molar-refractivity contribution is 7.89. The Morgan fingerprint density at radius 3 is 2.39 bits per heavy atom. The summed E-state index contributed by atoms with van der Waals surface area (Å²) in [6.45, 7) is 2.87. The van der Waals surface area contributed by atoms with E-state index in [0.29, 0.717) is 30.0 Å². The lowest BCUT2D eigenvalue weighted by Gasteiger charge is -2.28. The molecule has 3 aromatic rings. The van der Waals surface area contributed by atoms with Crippen molar-refractivity contribution in [2.75, 3.05) is 11.4 Å². The van der Waals surface area contributed by atoms with Crippen molar-refractivity contribution < 1.29 is 13.2 Å². The zero-order valence-corrected chi connectivity index (χ0v) is 18.2. The summed E-state index contributed by atoms with van der Waals surface area (Å²) in [6.07, 6.45) is 1.36. The highest BCUT2D eigenvalue weighted by Gasteiger charge is 2.34. The number of rotatable bonds is 3. The lowest BCUT2D eigenvalue weighted by molar-refractivity contribution is 0.0981. The number of amides is 1. The molecule has 0 unspecified atom stereocenters. The Labute approximate surface area is 183 Å². The van der Waals surface area contributed by atoms with Gasteiger partial charge in [-0.2, -0.15) is 4.31 Å². The SMILES string of the molecule is C[C@H]1Cc2cc(S(=O)(=O)N3CCc4ccccc4C3)ccc2N1C(=O)c1ccccc1. The van der Waals surface area contributed by atoms with Gasteiger partial charge in [0.2, 0.25) is 10.0 Å². The molecule has 0 saturated heterocycles. The first-order valence-corrected chi connectivity index (χ1v) is 12.0. The summed E-state index contributed by atoms with van der Waals surface area (Å²) in [5.41, 5.74) is 4.60. The molecule has 3 aromatic carbocycles. The van der Waals surface area contributed by atoms with Gasteiger partial charge in [-0.05, 0) is 66.8 Å². The molecular formula is C25H24N2O3S. The third-order valence-corrected chi connectivity index (χ3v) is 8.08. The summed E-state index contributed by atoms with van der Waals surface area (Å²) >= 11 is 0. The van der Waals surface area contributed by atoms with Crippen LogP contribution in [0.15, 0.2) is 77.7 Å². The summed E-state index contributed by atoms with van der Waals surface area (Å²) < 4.78 is 28.3. The lowest BCUT2D eigenvalue weighted by atomic mass is 10.0. The second kappa shape index (κ2) is 7.62. The number of carbonyl (C=O) groups excluding carboxylic acids is 1. The van der Waals surface area contributed by atoms with Crippen molar-refractivity contribution in [3.8, 4) is 0 Å². The van der Waals surface area contributed by atoms with E-state index in [1.807, 2.05) is 43.3 Å². The van der Waals surface area contributed by atoms with Crippen LogP contribution >= 0.6 is 0 Å². The summed E-state index contributed by atoms with van der Waals surface area (Å²) in [5, 5.41) is 0. The Kier molecular flexibility index (Phi) is 4.91. The fraction of sp³-hybridized carbons (Fsp3) is 0.240. The van der Waals surface area contributed by atoms with Crippen molar-refractivity contribution in [3.05, 3.63) is 95.1 Å². The standard InChI is InChI=1S/C25H24N2O3S/c1-18-15-22-16-23(11-12-24(22)27(18)25(28)20-8-3-2-4-9-20)31(29,30)26-14-13-19-7-5-6-10-21(19)17-26/h2-12,16,18H,13-15,17H2,1H3/t18-/m0/s1. The molecule has 5 rings (SSSR count). The average molecular weight is 433 g/mol. The third kappa shape index (κ3) is 3.46. The molecule has 0 spiro atoms. The number of nitrogens with zero attached hydrogens (tertiary/aromatic N) is 2. The van der Waals surface area contributed by atoms with Crippen molar-refractivity contribution in [3.63, 3.8) is 0 Å². The quantitative estimate of drug-likeness (QED) is 0.628. The predicted molar refractivity (Wildman–Crippen MR) is 121 cm³/mol. The Morgan fingerprint density at radius 2 is 1.61 bits per heavy atom. The average Bonchev–Trinajstić information content (AvgIpc) is 3.13. The van der Waals surface area contributed by atoms with Gasteiger partial charge in [0.25, 0.3) is 5.91 Å². The molecule has 6 heteroatoms. The van der Waals surface area contributed by atoms with E-state index in [9.17, 15) is 13.2 Å². The Bertz CT molecular complexity index is 1250. The van der Waals surface area contributed by atoms with Crippen LogP contribution in [0.5, 0.6) is 0 Å². The fourth-order valence-corrected chi connectivity index (χ4v) is 6.09. The van der Waals surface area contributed by atoms with Crippen LogP contribution in [0, 0.1) is 0 Å². The van der Waals surface area contributed by atoms with Gasteiger partial charge in [-0.3, -0.25) is 4.79 Å². The lowest BCUT2D eigenvalue weighted by Crippen LogP contribution is -2.36. The number of fused-ring (bicyclic) bond motifs is 2. The summed E-state index contributed by atoms with van der Waals surface area (Å²) in [7, 11) is -3.60. The van der Waals surface area contributed by atoms with E-state index < -0.39 is 10.0 Å². The Morgan fingerprint density at radius 1 is 0.903 bits per heavy atom. The van der Waals surface area contributed by atoms with E-state index in [4.69, 9.17) is 0 Å². The van der Waals surface area contributed by atoms with E-state index in [1.54, 1.807) is 39.5 Å². The number of hydrogen-bond donors (Lipinski definition) is 0. The highest BCUT2D eigenvalue weighted by Crippen LogP contribution is 2.36. The molecular weight excluding hydrogens is 408 g/mol. The van der Waals surface area contributed by atoms with E-state index in [1.165, 1.54) is 5.56 Å². The van der Waals surface area contributed by atoms with Crippen LogP contribution in [-0.2, 0) is 29.4 Å². The van der Waals surface area contributed by atoms with Crippen LogP contribution in [0.25, 0.3) is 0 Å². The molecule has 31 heavy (non-hydrogen) atoms. The van der Waals surface area contributed by atoms with Crippen molar-refractivity contribution in [1.82, 2.24) is 4.31 Å². The molecule has 0 saturated carbocycles. The van der Waals surface area contributed by atoms with Crippen molar-refractivity contribution >= 4 is 21.6 Å². The summed E-state index contributed by atoms with van der Waals surface area (Å²) in [5.74, 6) is -0.0601. The zero-order chi connectivity index (χ0) is 21.6. The summed E-state index contributed by atoms with van der Waals surface area (Å²) in [4.78, 5) is 15.1. The molecule has 1 atom stereocenters. The monoisotopic (exact) mass is 432 g/mol. The van der Waals surface area contributed by atoms with Crippen molar-refractivity contribution in [2.24, 2.45) is 0 Å². The first-order valence-electron chi connectivity index (χ1n) is 10.5. The number of benzene rings is 3. The van der Waals surface area contributed by atoms with Crippen LogP contribution in [0.3, 0.4) is 0 Å². The molecule has 0 radical (unpaired) electrons. The minimum atomic E-state index is -3.60. The maximum Gasteiger partial charge on any atom is 0.258 e. The van der Waals surface area contributed by atoms with Crippen LogP contribution in [0.4, 0.5) is 5.69 Å². The van der Waals surface area contributed by atoms with Gasteiger partial charge in [-0.25, -0.2) is 8.42 Å². The fourth-order valence-electron chi connectivity index (χ4n) is 4.62. The van der Waals surface area contributed by atoms with Crippen molar-refractivity contribution in [1.29, 1.82) is 0 Å². The number of hydrogen-bond acceptors (Lipinski definition) is 3. The first kappa shape index (κ1) is 20.0.